The molecule has 0 atom stereocenters. The minimum absolute atomic E-state index is 0.412. The summed E-state index contributed by atoms with van der Waals surface area (Å²) in [5.74, 6) is 1.66. The molecule has 0 fully saturated rings. The third-order valence-electron chi connectivity index (χ3n) is 4.11. The zero-order valence-electron chi connectivity index (χ0n) is 15.1. The van der Waals surface area contributed by atoms with E-state index in [4.69, 9.17) is 4.74 Å². The summed E-state index contributed by atoms with van der Waals surface area (Å²) in [6.07, 6.45) is 1.41. The molecule has 0 aliphatic heterocycles. The highest BCUT2D eigenvalue weighted by atomic mass is 16.5. The van der Waals surface area contributed by atoms with E-state index in [9.17, 15) is 5.11 Å². The molecule has 0 bridgehead atoms. The van der Waals surface area contributed by atoms with Crippen molar-refractivity contribution in [1.29, 1.82) is 0 Å². The van der Waals surface area contributed by atoms with Crippen molar-refractivity contribution in [3.05, 3.63) is 29.8 Å². The second-order valence-corrected chi connectivity index (χ2v) is 5.81. The number of benzene rings is 1. The fourth-order valence-electron chi connectivity index (χ4n) is 2.25. The van der Waals surface area contributed by atoms with Crippen LogP contribution in [-0.2, 0) is 6.54 Å². The van der Waals surface area contributed by atoms with E-state index in [-0.39, 0.29) is 0 Å². The monoisotopic (exact) mass is 321 g/mol. The summed E-state index contributed by atoms with van der Waals surface area (Å²) in [5, 5.41) is 13.7. The van der Waals surface area contributed by atoms with Gasteiger partial charge in [-0.25, -0.2) is 0 Å². The Hall–Kier alpha value is -1.75. The van der Waals surface area contributed by atoms with Crippen molar-refractivity contribution in [2.75, 3.05) is 27.2 Å². The minimum Gasteiger partial charge on any atom is -0.497 e. The first-order valence-corrected chi connectivity index (χ1v) is 8.32. The summed E-state index contributed by atoms with van der Waals surface area (Å²) in [5.41, 5.74) is 0.460. The van der Waals surface area contributed by atoms with Gasteiger partial charge in [-0.1, -0.05) is 26.0 Å². The molecule has 5 heteroatoms. The molecule has 23 heavy (non-hydrogen) atoms. The van der Waals surface area contributed by atoms with Gasteiger partial charge in [0.15, 0.2) is 5.96 Å². The van der Waals surface area contributed by atoms with Crippen molar-refractivity contribution < 1.29 is 9.84 Å². The highest BCUT2D eigenvalue weighted by Crippen LogP contribution is 2.15. The Morgan fingerprint density at radius 3 is 2.30 bits per heavy atom. The number of hydrogen-bond acceptors (Lipinski definition) is 3. The molecule has 1 rings (SSSR count). The van der Waals surface area contributed by atoms with Gasteiger partial charge in [-0.15, -0.1) is 0 Å². The highest BCUT2D eigenvalue weighted by molar-refractivity contribution is 5.79. The number of guanidine groups is 1. The molecule has 0 saturated carbocycles. The lowest BCUT2D eigenvalue weighted by Crippen LogP contribution is -2.40. The van der Waals surface area contributed by atoms with Crippen molar-refractivity contribution in [2.24, 2.45) is 4.99 Å². The summed E-state index contributed by atoms with van der Waals surface area (Å²) in [7, 11) is 3.67. The fraction of sp³-hybridized carbons (Fsp3) is 0.611. The Labute approximate surface area is 140 Å². The van der Waals surface area contributed by atoms with E-state index in [1.54, 1.807) is 7.11 Å². The third kappa shape index (κ3) is 6.10. The highest BCUT2D eigenvalue weighted by Gasteiger charge is 2.22. The van der Waals surface area contributed by atoms with Gasteiger partial charge < -0.3 is 20.1 Å². The molecule has 0 radical (unpaired) electrons. The Morgan fingerprint density at radius 1 is 1.22 bits per heavy atom. The first-order chi connectivity index (χ1) is 11.0. The second-order valence-electron chi connectivity index (χ2n) is 5.81. The van der Waals surface area contributed by atoms with Gasteiger partial charge in [-0.2, -0.15) is 0 Å². The number of hydrogen-bond donors (Lipinski definition) is 2. The normalized spacial score (nSPS) is 12.2. The minimum atomic E-state index is -0.721. The molecule has 0 unspecified atom stereocenters. The van der Waals surface area contributed by atoms with Crippen LogP contribution in [0, 0.1) is 0 Å². The molecule has 1 aromatic rings. The van der Waals surface area contributed by atoms with Crippen LogP contribution in [0.2, 0.25) is 0 Å². The van der Waals surface area contributed by atoms with Gasteiger partial charge in [0.2, 0.25) is 0 Å². The van der Waals surface area contributed by atoms with Crippen molar-refractivity contribution >= 4 is 5.96 Å². The van der Waals surface area contributed by atoms with Gasteiger partial charge in [-0.05, 0) is 37.5 Å². The van der Waals surface area contributed by atoms with Gasteiger partial charge in [0.25, 0.3) is 0 Å². The van der Waals surface area contributed by atoms with Crippen molar-refractivity contribution in [1.82, 2.24) is 10.2 Å². The molecule has 0 spiro atoms. The number of rotatable bonds is 8. The third-order valence-corrected chi connectivity index (χ3v) is 4.11. The molecule has 0 aliphatic rings. The van der Waals surface area contributed by atoms with E-state index in [2.05, 4.69) is 15.2 Å². The smallest absolute Gasteiger partial charge is 0.194 e. The van der Waals surface area contributed by atoms with Crippen LogP contribution in [0.4, 0.5) is 0 Å². The Kier molecular flexibility index (Phi) is 7.89. The molecule has 0 saturated heterocycles. The Bertz CT molecular complexity index is 482. The molecule has 130 valence electrons. The summed E-state index contributed by atoms with van der Waals surface area (Å²) >= 11 is 0. The van der Waals surface area contributed by atoms with Gasteiger partial charge >= 0.3 is 0 Å². The van der Waals surface area contributed by atoms with E-state index in [1.807, 2.05) is 52.1 Å². The molecular formula is C18H31N3O2. The SMILES string of the molecule is CCNC(=NCC(O)(CC)CC)N(C)Cc1ccc(OC)cc1. The van der Waals surface area contributed by atoms with Gasteiger partial charge in [-0.3, -0.25) is 4.99 Å². The summed E-state index contributed by atoms with van der Waals surface area (Å²) in [6.45, 7) is 7.98. The first kappa shape index (κ1) is 19.3. The average Bonchev–Trinajstić information content (AvgIpc) is 2.58. The molecule has 0 amide bonds. The number of methoxy groups -OCH3 is 1. The van der Waals surface area contributed by atoms with Gasteiger partial charge in [0.1, 0.15) is 5.75 Å². The van der Waals surface area contributed by atoms with Gasteiger partial charge in [0, 0.05) is 20.1 Å². The lowest BCUT2D eigenvalue weighted by atomic mass is 9.98. The van der Waals surface area contributed by atoms with E-state index >= 15 is 0 Å². The van der Waals surface area contributed by atoms with E-state index in [0.717, 1.165) is 24.8 Å². The van der Waals surface area contributed by atoms with Crippen molar-refractivity contribution in [3.8, 4) is 5.75 Å². The molecule has 0 aliphatic carbocycles. The number of aliphatic imine (C=N–C) groups is 1. The largest absolute Gasteiger partial charge is 0.497 e. The summed E-state index contributed by atoms with van der Waals surface area (Å²) in [6, 6.07) is 8.01. The maximum Gasteiger partial charge on any atom is 0.194 e. The van der Waals surface area contributed by atoms with E-state index in [1.165, 1.54) is 5.56 Å². The fourth-order valence-corrected chi connectivity index (χ4v) is 2.25. The van der Waals surface area contributed by atoms with Crippen LogP contribution in [-0.4, -0.2) is 48.8 Å². The topological polar surface area (TPSA) is 57.1 Å². The van der Waals surface area contributed by atoms with Crippen LogP contribution in [0.1, 0.15) is 39.2 Å². The van der Waals surface area contributed by atoms with Crippen LogP contribution in [0.5, 0.6) is 5.75 Å². The number of nitrogens with one attached hydrogen (secondary N) is 1. The quantitative estimate of drug-likeness (QED) is 0.571. The maximum absolute atomic E-state index is 10.4. The predicted octanol–water partition coefficient (Wildman–Crippen LogP) is 2.64. The molecule has 5 nitrogen and oxygen atoms in total. The van der Waals surface area contributed by atoms with Crippen LogP contribution >= 0.6 is 0 Å². The second kappa shape index (κ2) is 9.40. The Balaban J connectivity index is 2.78. The van der Waals surface area contributed by atoms with Gasteiger partial charge in [0.05, 0.1) is 19.3 Å². The molecule has 0 heterocycles. The predicted molar refractivity (Wildman–Crippen MR) is 96.0 cm³/mol. The van der Waals surface area contributed by atoms with E-state index in [0.29, 0.717) is 19.4 Å². The lowest BCUT2D eigenvalue weighted by molar-refractivity contribution is 0.0416. The summed E-state index contributed by atoms with van der Waals surface area (Å²) in [4.78, 5) is 6.68. The number of ether oxygens (including phenoxy) is 1. The van der Waals surface area contributed by atoms with Crippen LogP contribution < -0.4 is 10.1 Å². The van der Waals surface area contributed by atoms with Crippen molar-refractivity contribution in [2.45, 2.75) is 45.8 Å². The maximum atomic E-state index is 10.4. The molecule has 1 aromatic carbocycles. The Morgan fingerprint density at radius 2 is 1.83 bits per heavy atom. The molecule has 0 aromatic heterocycles. The summed E-state index contributed by atoms with van der Waals surface area (Å²) < 4.78 is 5.18. The molecular weight excluding hydrogens is 290 g/mol. The molecule has 2 N–H and O–H groups in total. The average molecular weight is 321 g/mol. The number of aliphatic hydroxyl groups is 1. The lowest BCUT2D eigenvalue weighted by Gasteiger charge is -2.26. The van der Waals surface area contributed by atoms with Crippen molar-refractivity contribution in [3.63, 3.8) is 0 Å². The van der Waals surface area contributed by atoms with Crippen LogP contribution in [0.25, 0.3) is 0 Å². The zero-order valence-corrected chi connectivity index (χ0v) is 15.1. The van der Waals surface area contributed by atoms with E-state index < -0.39 is 5.60 Å². The van der Waals surface area contributed by atoms with Crippen LogP contribution in [0.15, 0.2) is 29.3 Å². The number of nitrogens with zero attached hydrogens (tertiary/aromatic N) is 2. The van der Waals surface area contributed by atoms with Crippen LogP contribution in [0.3, 0.4) is 0 Å². The first-order valence-electron chi connectivity index (χ1n) is 8.32. The zero-order chi connectivity index (χ0) is 17.3. The standard InChI is InChI=1S/C18H31N3O2/c1-6-18(22,7-2)14-20-17(19-8-3)21(4)13-15-9-11-16(23-5)12-10-15/h9-12,22H,6-8,13-14H2,1-5H3,(H,19,20).